The summed E-state index contributed by atoms with van der Waals surface area (Å²) in [4.78, 5) is 13.1. The Morgan fingerprint density at radius 3 is 2.14 bits per heavy atom. The Balaban J connectivity index is 1.96. The van der Waals surface area contributed by atoms with Gasteiger partial charge in [-0.2, -0.15) is 26.3 Å². The summed E-state index contributed by atoms with van der Waals surface area (Å²) in [6, 6.07) is 3.83. The van der Waals surface area contributed by atoms with Crippen molar-refractivity contribution in [3.8, 4) is 0 Å². The molecule has 4 rings (SSSR count). The number of alkyl halides is 7. The van der Waals surface area contributed by atoms with Crippen LogP contribution in [0, 0.1) is 5.82 Å². The van der Waals surface area contributed by atoms with Crippen molar-refractivity contribution in [1.29, 1.82) is 0 Å². The van der Waals surface area contributed by atoms with Gasteiger partial charge in [0.2, 0.25) is 5.91 Å². The number of carbonyl (C=O) groups is 1. The van der Waals surface area contributed by atoms with Gasteiger partial charge in [-0.05, 0) is 54.7 Å². The Hall–Kier alpha value is -2.74. The number of fused-ring (bicyclic) bond motifs is 3. The highest BCUT2D eigenvalue weighted by molar-refractivity contribution is 7.92. The monoisotopic (exact) mass is 557 g/mol. The van der Waals surface area contributed by atoms with Crippen molar-refractivity contribution >= 4 is 15.7 Å². The van der Waals surface area contributed by atoms with Gasteiger partial charge in [0.05, 0.1) is 10.9 Å². The molecule has 1 aliphatic heterocycles. The summed E-state index contributed by atoms with van der Waals surface area (Å²) in [6.45, 7) is -1.15. The first-order valence-electron chi connectivity index (χ1n) is 10.9. The van der Waals surface area contributed by atoms with Crippen LogP contribution < -0.4 is 0 Å². The molecule has 2 aromatic rings. The van der Waals surface area contributed by atoms with E-state index in [4.69, 9.17) is 0 Å². The summed E-state index contributed by atoms with van der Waals surface area (Å²) < 4.78 is 134. The van der Waals surface area contributed by atoms with E-state index in [1.54, 1.807) is 0 Å². The first-order valence-corrected chi connectivity index (χ1v) is 12.4. The molecule has 1 fully saturated rings. The largest absolute Gasteiger partial charge is 0.435 e. The van der Waals surface area contributed by atoms with E-state index in [-0.39, 0.29) is 47.9 Å². The number of hydrogen-bond acceptors (Lipinski definition) is 4. The van der Waals surface area contributed by atoms with Gasteiger partial charge in [-0.25, -0.2) is 17.2 Å². The minimum Gasteiger partial charge on any atom is -0.387 e. The lowest BCUT2D eigenvalue weighted by molar-refractivity contribution is -0.348. The second kappa shape index (κ2) is 8.65. The Morgan fingerprint density at radius 2 is 1.59 bits per heavy atom. The van der Waals surface area contributed by atoms with Crippen LogP contribution in [-0.2, 0) is 31.5 Å². The lowest BCUT2D eigenvalue weighted by atomic mass is 9.76. The third-order valence-corrected chi connectivity index (χ3v) is 9.67. The minimum absolute atomic E-state index is 0.184. The number of benzene rings is 2. The molecule has 0 radical (unpaired) electrons. The molecule has 0 saturated carbocycles. The van der Waals surface area contributed by atoms with Crippen molar-refractivity contribution in [2.45, 2.75) is 53.0 Å². The number of rotatable bonds is 4. The van der Waals surface area contributed by atoms with E-state index < -0.39 is 62.5 Å². The smallest absolute Gasteiger partial charge is 0.387 e. The lowest BCUT2D eigenvalue weighted by Gasteiger charge is -2.43. The summed E-state index contributed by atoms with van der Waals surface area (Å²) in [5, 5.41) is 9.36. The standard InChI is InChI=1S/C23H19F8NO4S/c24-15-3-5-16(6-4-15)37(35,36)20-9-10-32(19(34)12-33)18(20)8-1-13-11-14(2-7-17(13)20)21(25,22(26,27)28)23(29,30)31/h2-7,11,18,33H,1,8-10,12H2/t18-,20-/m1/s1. The zero-order valence-corrected chi connectivity index (χ0v) is 19.5. The van der Waals surface area contributed by atoms with E-state index in [2.05, 4.69) is 0 Å². The molecular weight excluding hydrogens is 538 g/mol. The lowest BCUT2D eigenvalue weighted by Crippen LogP contribution is -2.53. The third kappa shape index (κ3) is 3.82. The number of nitrogens with zero attached hydrogens (tertiary/aromatic N) is 1. The summed E-state index contributed by atoms with van der Waals surface area (Å²) in [5.41, 5.74) is -7.89. The van der Waals surface area contributed by atoms with Gasteiger partial charge < -0.3 is 10.0 Å². The number of hydrogen-bond donors (Lipinski definition) is 1. The number of aliphatic hydroxyl groups is 1. The fourth-order valence-corrected chi connectivity index (χ4v) is 7.81. The van der Waals surface area contributed by atoms with Crippen LogP contribution in [-0.4, -0.2) is 55.9 Å². The highest BCUT2D eigenvalue weighted by Crippen LogP contribution is 2.56. The van der Waals surface area contributed by atoms with Crippen LogP contribution in [0.5, 0.6) is 0 Å². The van der Waals surface area contributed by atoms with Gasteiger partial charge in [0, 0.05) is 12.1 Å². The number of aliphatic hydroxyl groups excluding tert-OH is 1. The van der Waals surface area contributed by atoms with Crippen LogP contribution in [0.25, 0.3) is 0 Å². The molecule has 2 atom stereocenters. The summed E-state index contributed by atoms with van der Waals surface area (Å²) in [6.07, 6.45) is -13.5. The predicted molar refractivity (Wildman–Crippen MR) is 112 cm³/mol. The van der Waals surface area contributed by atoms with Gasteiger partial charge in [-0.15, -0.1) is 0 Å². The number of likely N-dealkylation sites (tertiary alicyclic amines) is 1. The van der Waals surface area contributed by atoms with Crippen LogP contribution in [0.3, 0.4) is 0 Å². The van der Waals surface area contributed by atoms with Crippen molar-refractivity contribution in [2.24, 2.45) is 0 Å². The number of aryl methyl sites for hydroxylation is 1. The molecular formula is C23H19F8NO4S. The second-order valence-electron chi connectivity index (χ2n) is 8.92. The first-order chi connectivity index (χ1) is 17.0. The van der Waals surface area contributed by atoms with E-state index >= 15 is 0 Å². The van der Waals surface area contributed by atoms with Crippen LogP contribution >= 0.6 is 0 Å². The average Bonchev–Trinajstić information content (AvgIpc) is 3.23. The quantitative estimate of drug-likeness (QED) is 0.449. The summed E-state index contributed by atoms with van der Waals surface area (Å²) >= 11 is 0. The topological polar surface area (TPSA) is 74.7 Å². The van der Waals surface area contributed by atoms with E-state index in [1.165, 1.54) is 0 Å². The van der Waals surface area contributed by atoms with Gasteiger partial charge in [0.15, 0.2) is 9.84 Å². The molecule has 1 aliphatic carbocycles. The molecule has 0 unspecified atom stereocenters. The molecule has 202 valence electrons. The maximum atomic E-state index is 14.7. The van der Waals surface area contributed by atoms with Crippen molar-refractivity contribution in [3.05, 3.63) is 65.0 Å². The zero-order valence-electron chi connectivity index (χ0n) is 18.7. The molecule has 2 aliphatic rings. The van der Waals surface area contributed by atoms with E-state index in [0.29, 0.717) is 6.07 Å². The van der Waals surface area contributed by atoms with Crippen molar-refractivity contribution in [1.82, 2.24) is 4.90 Å². The van der Waals surface area contributed by atoms with E-state index in [0.717, 1.165) is 35.2 Å². The molecule has 14 heteroatoms. The van der Waals surface area contributed by atoms with Gasteiger partial charge in [0.25, 0.3) is 0 Å². The fraction of sp³-hybridized carbons (Fsp3) is 0.435. The number of sulfone groups is 1. The SMILES string of the molecule is O=C(CO)N1CC[C@@]2(S(=O)(=O)c3ccc(F)cc3)c3ccc(C(F)(C(F)(F)F)C(F)(F)F)cc3CC[C@@H]12. The van der Waals surface area contributed by atoms with Crippen LogP contribution in [0.1, 0.15) is 29.5 Å². The molecule has 0 aromatic heterocycles. The number of halogens is 8. The van der Waals surface area contributed by atoms with E-state index in [9.17, 15) is 53.4 Å². The second-order valence-corrected chi connectivity index (χ2v) is 11.1. The highest BCUT2D eigenvalue weighted by Gasteiger charge is 2.73. The highest BCUT2D eigenvalue weighted by atomic mass is 32.2. The molecule has 1 saturated heterocycles. The van der Waals surface area contributed by atoms with Gasteiger partial charge in [-0.3, -0.25) is 4.79 Å². The fourth-order valence-electron chi connectivity index (χ4n) is 5.44. The normalized spacial score (nSPS) is 22.5. The maximum absolute atomic E-state index is 14.7. The molecule has 37 heavy (non-hydrogen) atoms. The van der Waals surface area contributed by atoms with Crippen LogP contribution in [0.15, 0.2) is 47.4 Å². The number of amides is 1. The Morgan fingerprint density at radius 1 is 1.00 bits per heavy atom. The van der Waals surface area contributed by atoms with Crippen molar-refractivity contribution < 1.29 is 53.4 Å². The third-order valence-electron chi connectivity index (χ3n) is 7.12. The first kappa shape index (κ1) is 27.3. The molecule has 0 bridgehead atoms. The van der Waals surface area contributed by atoms with Crippen LogP contribution in [0.2, 0.25) is 0 Å². The minimum atomic E-state index is -6.35. The van der Waals surface area contributed by atoms with Crippen molar-refractivity contribution in [3.63, 3.8) is 0 Å². The predicted octanol–water partition coefficient (Wildman–Crippen LogP) is 4.32. The van der Waals surface area contributed by atoms with Gasteiger partial charge >= 0.3 is 18.0 Å². The maximum Gasteiger partial charge on any atom is 0.435 e. The van der Waals surface area contributed by atoms with Gasteiger partial charge in [0.1, 0.15) is 17.2 Å². The molecule has 1 heterocycles. The van der Waals surface area contributed by atoms with Gasteiger partial charge in [-0.1, -0.05) is 18.2 Å². The number of carbonyl (C=O) groups excluding carboxylic acids is 1. The molecule has 5 nitrogen and oxygen atoms in total. The zero-order chi connectivity index (χ0) is 27.6. The average molecular weight is 557 g/mol. The van der Waals surface area contributed by atoms with E-state index in [1.807, 2.05) is 0 Å². The summed E-state index contributed by atoms with van der Waals surface area (Å²) in [7, 11) is -4.55. The molecule has 1 amide bonds. The van der Waals surface area contributed by atoms with Crippen LogP contribution in [0.4, 0.5) is 35.1 Å². The molecule has 1 N–H and O–H groups in total. The molecule has 2 aromatic carbocycles. The van der Waals surface area contributed by atoms with Crippen molar-refractivity contribution in [2.75, 3.05) is 13.2 Å². The molecule has 0 spiro atoms. The summed E-state index contributed by atoms with van der Waals surface area (Å²) in [5.74, 6) is -1.58. The Labute approximate surface area is 205 Å². The Bertz CT molecular complexity index is 1310. The Kier molecular flexibility index (Phi) is 6.38.